The van der Waals surface area contributed by atoms with Crippen molar-refractivity contribution in [3.05, 3.63) is 33.1 Å². The third-order valence-electron chi connectivity index (χ3n) is 3.54. The number of rotatable bonds is 11. The molecule has 0 amide bonds. The molecular formula is C16H26N3O4P. The Morgan fingerprint density at radius 3 is 2.71 bits per heavy atom. The van der Waals surface area contributed by atoms with Crippen LogP contribution in [0.5, 0.6) is 0 Å². The molecule has 0 radical (unpaired) electrons. The van der Waals surface area contributed by atoms with Crippen LogP contribution in [0, 0.1) is 11.3 Å². The van der Waals surface area contributed by atoms with Crippen molar-refractivity contribution in [2.75, 3.05) is 12.8 Å². The first kappa shape index (κ1) is 20.6. The van der Waals surface area contributed by atoms with Gasteiger partial charge in [0.15, 0.2) is 8.38 Å². The van der Waals surface area contributed by atoms with Crippen LogP contribution in [0.3, 0.4) is 0 Å². The Hall–Kier alpha value is -1.48. The van der Waals surface area contributed by atoms with Gasteiger partial charge in [-0.05, 0) is 12.8 Å². The van der Waals surface area contributed by atoms with E-state index in [-0.39, 0.29) is 17.4 Å². The first-order valence-electron chi connectivity index (χ1n) is 8.24. The summed E-state index contributed by atoms with van der Waals surface area (Å²) in [5, 5.41) is 8.58. The van der Waals surface area contributed by atoms with Gasteiger partial charge in [-0.3, -0.25) is 9.36 Å². The maximum atomic E-state index is 12.0. The predicted molar refractivity (Wildman–Crippen MR) is 94.0 cm³/mol. The quantitative estimate of drug-likeness (QED) is 0.449. The Morgan fingerprint density at radius 1 is 1.33 bits per heavy atom. The van der Waals surface area contributed by atoms with E-state index in [0.717, 1.165) is 23.6 Å². The average molecular weight is 355 g/mol. The van der Waals surface area contributed by atoms with E-state index in [2.05, 4.69) is 13.0 Å². The van der Waals surface area contributed by atoms with Crippen LogP contribution in [0.15, 0.2) is 21.9 Å². The topological polar surface area (TPSA) is 86.2 Å². The van der Waals surface area contributed by atoms with Crippen molar-refractivity contribution in [2.24, 2.45) is 7.05 Å². The highest BCUT2D eigenvalue weighted by Gasteiger charge is 2.16. The van der Waals surface area contributed by atoms with Gasteiger partial charge in [0.25, 0.3) is 5.56 Å². The minimum Gasteiger partial charge on any atom is -0.333 e. The van der Waals surface area contributed by atoms with Crippen molar-refractivity contribution >= 4 is 8.38 Å². The Balaban J connectivity index is 2.65. The SMILES string of the molecule is CCCC(CCn1ccc(=O)n(C)c1=O)OP(CC)OCCC#N. The van der Waals surface area contributed by atoms with Crippen LogP contribution in [0.4, 0.5) is 0 Å². The van der Waals surface area contributed by atoms with E-state index in [0.29, 0.717) is 26.0 Å². The summed E-state index contributed by atoms with van der Waals surface area (Å²) in [5.41, 5.74) is -0.626. The van der Waals surface area contributed by atoms with Gasteiger partial charge in [-0.1, -0.05) is 20.3 Å². The summed E-state index contributed by atoms with van der Waals surface area (Å²) in [7, 11) is 0.459. The van der Waals surface area contributed by atoms with Crippen molar-refractivity contribution in [3.63, 3.8) is 0 Å². The lowest BCUT2D eigenvalue weighted by molar-refractivity contribution is 0.157. The van der Waals surface area contributed by atoms with E-state index in [9.17, 15) is 9.59 Å². The number of aromatic nitrogens is 2. The van der Waals surface area contributed by atoms with Gasteiger partial charge in [-0.25, -0.2) is 4.79 Å². The van der Waals surface area contributed by atoms with Gasteiger partial charge >= 0.3 is 5.69 Å². The van der Waals surface area contributed by atoms with Gasteiger partial charge in [-0.2, -0.15) is 5.26 Å². The summed E-state index contributed by atoms with van der Waals surface area (Å²) in [5.74, 6) is 0. The monoisotopic (exact) mass is 355 g/mol. The van der Waals surface area contributed by atoms with Crippen LogP contribution in [-0.4, -0.2) is 28.0 Å². The molecule has 0 spiro atoms. The number of hydrogen-bond donors (Lipinski definition) is 0. The van der Waals surface area contributed by atoms with Crippen molar-refractivity contribution in [2.45, 2.75) is 52.2 Å². The maximum Gasteiger partial charge on any atom is 0.330 e. The summed E-state index contributed by atoms with van der Waals surface area (Å²) in [6.07, 6.45) is 5.16. The zero-order valence-electron chi connectivity index (χ0n) is 14.6. The summed E-state index contributed by atoms with van der Waals surface area (Å²) in [6.45, 7) is 4.95. The Labute approximate surface area is 143 Å². The minimum atomic E-state index is -1.01. The summed E-state index contributed by atoms with van der Waals surface area (Å²) in [4.78, 5) is 23.5. The maximum absolute atomic E-state index is 12.0. The van der Waals surface area contributed by atoms with Gasteiger partial charge in [0, 0.05) is 32.0 Å². The van der Waals surface area contributed by atoms with Crippen LogP contribution >= 0.6 is 8.38 Å². The van der Waals surface area contributed by atoms with Gasteiger partial charge in [0.05, 0.1) is 25.2 Å². The second-order valence-electron chi connectivity index (χ2n) is 5.38. The molecule has 0 bridgehead atoms. The first-order valence-corrected chi connectivity index (χ1v) is 9.60. The minimum absolute atomic E-state index is 0.00715. The van der Waals surface area contributed by atoms with Gasteiger partial charge in [0.2, 0.25) is 0 Å². The lowest BCUT2D eigenvalue weighted by Gasteiger charge is -2.23. The lowest BCUT2D eigenvalue weighted by atomic mass is 10.1. The highest BCUT2D eigenvalue weighted by Crippen LogP contribution is 2.40. The van der Waals surface area contributed by atoms with E-state index in [1.54, 1.807) is 0 Å². The molecule has 134 valence electrons. The van der Waals surface area contributed by atoms with E-state index in [1.165, 1.54) is 23.9 Å². The van der Waals surface area contributed by atoms with Crippen LogP contribution in [0.25, 0.3) is 0 Å². The predicted octanol–water partition coefficient (Wildman–Crippen LogP) is 2.38. The number of hydrogen-bond acceptors (Lipinski definition) is 5. The van der Waals surface area contributed by atoms with Crippen LogP contribution in [-0.2, 0) is 22.6 Å². The second kappa shape index (κ2) is 11.1. The average Bonchev–Trinajstić information content (AvgIpc) is 2.58. The Bertz CT molecular complexity index is 650. The third-order valence-corrected chi connectivity index (χ3v) is 5.06. The Morgan fingerprint density at radius 2 is 2.08 bits per heavy atom. The van der Waals surface area contributed by atoms with E-state index < -0.39 is 8.38 Å². The fourth-order valence-corrected chi connectivity index (χ4v) is 3.43. The molecule has 0 aliphatic carbocycles. The zero-order valence-corrected chi connectivity index (χ0v) is 15.5. The highest BCUT2D eigenvalue weighted by atomic mass is 31.2. The smallest absolute Gasteiger partial charge is 0.330 e. The Kier molecular flexibility index (Phi) is 9.55. The van der Waals surface area contributed by atoms with Gasteiger partial charge in [0.1, 0.15) is 0 Å². The molecular weight excluding hydrogens is 329 g/mol. The van der Waals surface area contributed by atoms with Crippen molar-refractivity contribution < 1.29 is 9.05 Å². The molecule has 1 rings (SSSR count). The van der Waals surface area contributed by atoms with E-state index in [1.807, 2.05) is 6.92 Å². The van der Waals surface area contributed by atoms with Crippen LogP contribution < -0.4 is 11.2 Å². The van der Waals surface area contributed by atoms with Crippen molar-refractivity contribution in [3.8, 4) is 6.07 Å². The van der Waals surface area contributed by atoms with Crippen molar-refractivity contribution in [1.29, 1.82) is 5.26 Å². The summed E-state index contributed by atoms with van der Waals surface area (Å²) < 4.78 is 14.3. The molecule has 2 atom stereocenters. The molecule has 0 N–H and O–H groups in total. The number of nitriles is 1. The third kappa shape index (κ3) is 6.56. The molecule has 0 saturated heterocycles. The standard InChI is InChI=1S/C16H26N3O4P/c1-4-7-14(23-24(5-2)22-13-6-10-17)8-11-19-12-9-15(20)18(3)16(19)21/h9,12,14H,4-8,11,13H2,1-3H3. The molecule has 1 aromatic heterocycles. The zero-order chi connectivity index (χ0) is 17.9. The fourth-order valence-electron chi connectivity index (χ4n) is 2.20. The lowest BCUT2D eigenvalue weighted by Crippen LogP contribution is -2.37. The summed E-state index contributed by atoms with van der Waals surface area (Å²) >= 11 is 0. The molecule has 0 fully saturated rings. The molecule has 24 heavy (non-hydrogen) atoms. The molecule has 8 heteroatoms. The van der Waals surface area contributed by atoms with Gasteiger partial charge in [-0.15, -0.1) is 0 Å². The number of aryl methyl sites for hydroxylation is 1. The van der Waals surface area contributed by atoms with Crippen LogP contribution in [0.2, 0.25) is 0 Å². The second-order valence-corrected chi connectivity index (χ2v) is 7.15. The van der Waals surface area contributed by atoms with Gasteiger partial charge < -0.3 is 13.6 Å². The molecule has 0 saturated carbocycles. The number of nitrogens with zero attached hydrogens (tertiary/aromatic N) is 3. The molecule has 0 aliphatic heterocycles. The first-order chi connectivity index (χ1) is 11.5. The molecule has 1 aromatic rings. The molecule has 0 aromatic carbocycles. The molecule has 7 nitrogen and oxygen atoms in total. The fraction of sp³-hybridized carbons (Fsp3) is 0.688. The highest BCUT2D eigenvalue weighted by molar-refractivity contribution is 7.47. The normalized spacial score (nSPS) is 13.4. The molecule has 0 aliphatic rings. The van der Waals surface area contributed by atoms with E-state index >= 15 is 0 Å². The summed E-state index contributed by atoms with van der Waals surface area (Å²) in [6, 6.07) is 3.44. The molecule has 2 unspecified atom stereocenters. The molecule has 1 heterocycles. The van der Waals surface area contributed by atoms with Crippen molar-refractivity contribution in [1.82, 2.24) is 9.13 Å². The van der Waals surface area contributed by atoms with Crippen LogP contribution in [0.1, 0.15) is 39.5 Å². The largest absolute Gasteiger partial charge is 0.333 e. The van der Waals surface area contributed by atoms with E-state index in [4.69, 9.17) is 14.3 Å².